The molecule has 1 amide bonds. The lowest BCUT2D eigenvalue weighted by Gasteiger charge is -2.12. The second-order valence-electron chi connectivity index (χ2n) is 7.27. The van der Waals surface area contributed by atoms with Crippen LogP contribution in [0.4, 0.5) is 0 Å². The Morgan fingerprint density at radius 1 is 0.935 bits per heavy atom. The summed E-state index contributed by atoms with van der Waals surface area (Å²) in [6.07, 6.45) is 3.78. The molecule has 0 spiro atoms. The minimum Gasteiger partial charge on any atom is -0.381 e. The molecule has 0 heterocycles. The highest BCUT2D eigenvalue weighted by Gasteiger charge is 2.04. The minimum absolute atomic E-state index is 0.0613. The van der Waals surface area contributed by atoms with Gasteiger partial charge in [0.25, 0.3) is 5.91 Å². The van der Waals surface area contributed by atoms with Gasteiger partial charge in [0.1, 0.15) is 0 Å². The molecule has 2 aromatic rings. The molecular weight excluding hydrogens is 388 g/mol. The Labute approximate surface area is 186 Å². The fraction of sp³-hybridized carbons (Fsp3) is 0.440. The fourth-order valence-electron chi connectivity index (χ4n) is 3.12. The van der Waals surface area contributed by atoms with E-state index in [4.69, 9.17) is 4.74 Å². The number of carbonyl (C=O) groups excluding carboxylic acids is 1. The van der Waals surface area contributed by atoms with E-state index >= 15 is 0 Å². The van der Waals surface area contributed by atoms with E-state index in [-0.39, 0.29) is 5.91 Å². The first kappa shape index (κ1) is 24.4. The summed E-state index contributed by atoms with van der Waals surface area (Å²) < 4.78 is 5.73. The van der Waals surface area contributed by atoms with E-state index in [1.807, 2.05) is 30.3 Å². The SMILES string of the molecule is CCNC(=NCCCCOCCc1ccccc1)NCCc1cccc(C(=O)NC)c1. The van der Waals surface area contributed by atoms with Crippen molar-refractivity contribution >= 4 is 11.9 Å². The van der Waals surface area contributed by atoms with Crippen molar-refractivity contribution in [2.75, 3.05) is 39.9 Å². The highest BCUT2D eigenvalue weighted by atomic mass is 16.5. The predicted octanol–water partition coefficient (Wildman–Crippen LogP) is 3.18. The number of unbranched alkanes of at least 4 members (excludes halogenated alkanes) is 1. The monoisotopic (exact) mass is 424 g/mol. The molecule has 3 N–H and O–H groups in total. The molecule has 0 aliphatic rings. The summed E-state index contributed by atoms with van der Waals surface area (Å²) in [6.45, 7) is 5.94. The maximum absolute atomic E-state index is 11.8. The van der Waals surface area contributed by atoms with E-state index in [9.17, 15) is 4.79 Å². The van der Waals surface area contributed by atoms with Gasteiger partial charge in [0.15, 0.2) is 5.96 Å². The number of nitrogens with zero attached hydrogens (tertiary/aromatic N) is 1. The Kier molecular flexibility index (Phi) is 11.8. The summed E-state index contributed by atoms with van der Waals surface area (Å²) in [5.74, 6) is 0.767. The lowest BCUT2D eigenvalue weighted by molar-refractivity contribution is 0.0963. The molecule has 0 fully saturated rings. The molecule has 0 aliphatic carbocycles. The summed E-state index contributed by atoms with van der Waals surface area (Å²) in [7, 11) is 1.65. The maximum Gasteiger partial charge on any atom is 0.251 e. The van der Waals surface area contributed by atoms with E-state index in [0.29, 0.717) is 5.56 Å². The largest absolute Gasteiger partial charge is 0.381 e. The Bertz CT molecular complexity index is 793. The quantitative estimate of drug-likeness (QED) is 0.262. The number of aliphatic imine (C=N–C) groups is 1. The molecule has 0 saturated heterocycles. The van der Waals surface area contributed by atoms with Gasteiger partial charge in [0, 0.05) is 38.9 Å². The second-order valence-corrected chi connectivity index (χ2v) is 7.27. The number of hydrogen-bond donors (Lipinski definition) is 3. The van der Waals surface area contributed by atoms with Crippen molar-refractivity contribution < 1.29 is 9.53 Å². The van der Waals surface area contributed by atoms with Crippen LogP contribution in [0.3, 0.4) is 0 Å². The van der Waals surface area contributed by atoms with Crippen LogP contribution in [-0.4, -0.2) is 51.8 Å². The normalized spacial score (nSPS) is 11.2. The standard InChI is InChI=1S/C25H36N4O2/c1-3-27-25(29-17-14-22-12-9-13-23(20-22)24(30)26-2)28-16-7-8-18-31-19-15-21-10-5-4-6-11-21/h4-6,9-13,20H,3,7-8,14-19H2,1-2H3,(H,26,30)(H2,27,28,29). The summed E-state index contributed by atoms with van der Waals surface area (Å²) >= 11 is 0. The summed E-state index contributed by atoms with van der Waals surface area (Å²) in [5, 5.41) is 9.31. The van der Waals surface area contributed by atoms with E-state index in [2.05, 4.69) is 52.1 Å². The zero-order valence-corrected chi connectivity index (χ0v) is 18.8. The van der Waals surface area contributed by atoms with Crippen LogP contribution in [0.2, 0.25) is 0 Å². The molecule has 0 unspecified atom stereocenters. The summed E-state index contributed by atoms with van der Waals surface area (Å²) in [6, 6.07) is 18.1. The lowest BCUT2D eigenvalue weighted by Crippen LogP contribution is -2.38. The predicted molar refractivity (Wildman–Crippen MR) is 128 cm³/mol. The number of rotatable bonds is 13. The van der Waals surface area contributed by atoms with Crippen molar-refractivity contribution in [1.82, 2.24) is 16.0 Å². The van der Waals surface area contributed by atoms with Crippen LogP contribution in [0.5, 0.6) is 0 Å². The maximum atomic E-state index is 11.8. The van der Waals surface area contributed by atoms with Gasteiger partial charge in [-0.2, -0.15) is 0 Å². The first-order valence-corrected chi connectivity index (χ1v) is 11.2. The van der Waals surface area contributed by atoms with Gasteiger partial charge >= 0.3 is 0 Å². The zero-order valence-electron chi connectivity index (χ0n) is 18.8. The van der Waals surface area contributed by atoms with Gasteiger partial charge in [-0.25, -0.2) is 0 Å². The molecule has 6 heteroatoms. The van der Waals surface area contributed by atoms with Gasteiger partial charge < -0.3 is 20.7 Å². The molecule has 0 aromatic heterocycles. The number of ether oxygens (including phenoxy) is 1. The molecule has 0 atom stereocenters. The molecule has 2 aromatic carbocycles. The van der Waals surface area contributed by atoms with Crippen molar-refractivity contribution in [2.45, 2.75) is 32.6 Å². The Morgan fingerprint density at radius 2 is 1.74 bits per heavy atom. The van der Waals surface area contributed by atoms with Gasteiger partial charge in [0.2, 0.25) is 0 Å². The van der Waals surface area contributed by atoms with Crippen molar-refractivity contribution in [2.24, 2.45) is 4.99 Å². The Morgan fingerprint density at radius 3 is 2.52 bits per heavy atom. The molecule has 0 aliphatic heterocycles. The van der Waals surface area contributed by atoms with Crippen molar-refractivity contribution in [3.8, 4) is 0 Å². The fourth-order valence-corrected chi connectivity index (χ4v) is 3.12. The average molecular weight is 425 g/mol. The summed E-state index contributed by atoms with van der Waals surface area (Å²) in [5.41, 5.74) is 3.12. The van der Waals surface area contributed by atoms with Crippen molar-refractivity contribution in [3.05, 3.63) is 71.3 Å². The van der Waals surface area contributed by atoms with Crippen LogP contribution < -0.4 is 16.0 Å². The minimum atomic E-state index is -0.0613. The topological polar surface area (TPSA) is 74.8 Å². The number of carbonyl (C=O) groups is 1. The smallest absolute Gasteiger partial charge is 0.251 e. The second kappa shape index (κ2) is 15.0. The first-order chi connectivity index (χ1) is 15.2. The molecule has 168 valence electrons. The van der Waals surface area contributed by atoms with E-state index in [0.717, 1.165) is 70.1 Å². The van der Waals surface area contributed by atoms with Crippen LogP contribution in [0.15, 0.2) is 59.6 Å². The van der Waals surface area contributed by atoms with Gasteiger partial charge in [-0.05, 0) is 55.9 Å². The Hall–Kier alpha value is -2.86. The third-order valence-electron chi connectivity index (χ3n) is 4.81. The third kappa shape index (κ3) is 10.1. The average Bonchev–Trinajstić information content (AvgIpc) is 2.81. The van der Waals surface area contributed by atoms with Crippen molar-refractivity contribution in [3.63, 3.8) is 0 Å². The molecule has 0 radical (unpaired) electrons. The van der Waals surface area contributed by atoms with Crippen LogP contribution in [0.25, 0.3) is 0 Å². The van der Waals surface area contributed by atoms with Crippen molar-refractivity contribution in [1.29, 1.82) is 0 Å². The summed E-state index contributed by atoms with van der Waals surface area (Å²) in [4.78, 5) is 16.4. The first-order valence-electron chi connectivity index (χ1n) is 11.2. The Balaban J connectivity index is 1.62. The number of amides is 1. The van der Waals surface area contributed by atoms with E-state index in [1.165, 1.54) is 5.56 Å². The molecule has 6 nitrogen and oxygen atoms in total. The van der Waals surface area contributed by atoms with Crippen LogP contribution in [-0.2, 0) is 17.6 Å². The molecule has 0 bridgehead atoms. The lowest BCUT2D eigenvalue weighted by atomic mass is 10.1. The highest BCUT2D eigenvalue weighted by Crippen LogP contribution is 2.06. The van der Waals surface area contributed by atoms with Gasteiger partial charge in [-0.15, -0.1) is 0 Å². The number of guanidine groups is 1. The van der Waals surface area contributed by atoms with E-state index in [1.54, 1.807) is 7.05 Å². The van der Waals surface area contributed by atoms with Gasteiger partial charge in [-0.3, -0.25) is 9.79 Å². The van der Waals surface area contributed by atoms with Gasteiger partial charge in [0.05, 0.1) is 6.61 Å². The van der Waals surface area contributed by atoms with Crippen LogP contribution >= 0.6 is 0 Å². The van der Waals surface area contributed by atoms with Crippen LogP contribution in [0.1, 0.15) is 41.3 Å². The zero-order chi connectivity index (χ0) is 22.2. The molecular formula is C25H36N4O2. The number of nitrogens with one attached hydrogen (secondary N) is 3. The molecule has 31 heavy (non-hydrogen) atoms. The number of benzene rings is 2. The third-order valence-corrected chi connectivity index (χ3v) is 4.81. The van der Waals surface area contributed by atoms with E-state index < -0.39 is 0 Å². The van der Waals surface area contributed by atoms with Gasteiger partial charge in [-0.1, -0.05) is 42.5 Å². The highest BCUT2D eigenvalue weighted by molar-refractivity contribution is 5.94. The molecule has 0 saturated carbocycles. The number of hydrogen-bond acceptors (Lipinski definition) is 3. The molecule has 2 rings (SSSR count). The van der Waals surface area contributed by atoms with Crippen LogP contribution in [0, 0.1) is 0 Å².